The van der Waals surface area contributed by atoms with Crippen molar-refractivity contribution in [1.29, 1.82) is 0 Å². The number of nitrogens with one attached hydrogen (secondary N) is 1. The van der Waals surface area contributed by atoms with Crippen LogP contribution >= 0.6 is 15.9 Å². The number of halogens is 1. The maximum Gasteiger partial charge on any atom is 0.264 e. The van der Waals surface area contributed by atoms with E-state index in [2.05, 4.69) is 21.2 Å². The molecule has 3 rings (SSSR count). The van der Waals surface area contributed by atoms with Crippen LogP contribution in [0.3, 0.4) is 0 Å². The number of anilines is 1. The number of aryl methyl sites for hydroxylation is 1. The number of hydrogen-bond acceptors (Lipinski definition) is 5. The number of nitrogens with zero attached hydrogens (tertiary/aromatic N) is 2. The monoisotopic (exact) mass is 643 g/mol. The van der Waals surface area contributed by atoms with E-state index < -0.39 is 28.5 Å². The second kappa shape index (κ2) is 14.5. The lowest BCUT2D eigenvalue weighted by molar-refractivity contribution is -0.139. The summed E-state index contributed by atoms with van der Waals surface area (Å²) in [6.07, 6.45) is 1.25. The molecule has 0 radical (unpaired) electrons. The highest BCUT2D eigenvalue weighted by molar-refractivity contribution is 9.10. The van der Waals surface area contributed by atoms with Gasteiger partial charge in [-0.15, -0.1) is 0 Å². The van der Waals surface area contributed by atoms with Crippen LogP contribution in [0, 0.1) is 6.92 Å². The molecule has 0 bridgehead atoms. The molecule has 0 saturated carbocycles. The first-order chi connectivity index (χ1) is 19.5. The smallest absolute Gasteiger partial charge is 0.264 e. The molecule has 0 aliphatic rings. The molecule has 3 aromatic carbocycles. The average Bonchev–Trinajstić information content (AvgIpc) is 2.96. The molecule has 2 atom stereocenters. The predicted molar refractivity (Wildman–Crippen MR) is 166 cm³/mol. The van der Waals surface area contributed by atoms with Crippen molar-refractivity contribution in [1.82, 2.24) is 10.2 Å². The van der Waals surface area contributed by atoms with Crippen LogP contribution in [-0.2, 0) is 26.0 Å². The Balaban J connectivity index is 2.00. The second-order valence-electron chi connectivity index (χ2n) is 9.96. The van der Waals surface area contributed by atoms with Gasteiger partial charge in [-0.05, 0) is 85.4 Å². The zero-order chi connectivity index (χ0) is 30.2. The molecule has 0 aliphatic carbocycles. The molecule has 8 nitrogen and oxygen atoms in total. The number of carbonyl (C=O) groups excluding carboxylic acids is 2. The number of carbonyl (C=O) groups is 2. The summed E-state index contributed by atoms with van der Waals surface area (Å²) >= 11 is 3.36. The first-order valence-electron chi connectivity index (χ1n) is 13.5. The van der Waals surface area contributed by atoms with E-state index in [-0.39, 0.29) is 23.4 Å². The zero-order valence-corrected chi connectivity index (χ0v) is 26.5. The van der Waals surface area contributed by atoms with Crippen molar-refractivity contribution in [3.05, 3.63) is 88.4 Å². The van der Waals surface area contributed by atoms with E-state index in [1.54, 1.807) is 37.3 Å². The van der Waals surface area contributed by atoms with E-state index in [9.17, 15) is 18.0 Å². The summed E-state index contributed by atoms with van der Waals surface area (Å²) in [7, 11) is -2.69. The highest BCUT2D eigenvalue weighted by Gasteiger charge is 2.33. The quantitative estimate of drug-likeness (QED) is 0.271. The van der Waals surface area contributed by atoms with Crippen LogP contribution in [0.15, 0.2) is 82.2 Å². The van der Waals surface area contributed by atoms with Gasteiger partial charge in [0.15, 0.2) is 0 Å². The number of amides is 2. The Morgan fingerprint density at radius 3 is 2.24 bits per heavy atom. The van der Waals surface area contributed by atoms with Gasteiger partial charge in [0, 0.05) is 12.6 Å². The van der Waals surface area contributed by atoms with Crippen LogP contribution in [-0.4, -0.2) is 57.4 Å². The molecule has 1 N–H and O–H groups in total. The number of hydrogen-bond donors (Lipinski definition) is 1. The number of ether oxygens (including phenoxy) is 1. The Kier molecular flexibility index (Phi) is 11.4. The van der Waals surface area contributed by atoms with Crippen molar-refractivity contribution in [2.24, 2.45) is 0 Å². The first-order valence-corrected chi connectivity index (χ1v) is 15.8. The van der Waals surface area contributed by atoms with Crippen LogP contribution in [0.4, 0.5) is 5.69 Å². The molecule has 10 heteroatoms. The standard InChI is InChI=1S/C31H38BrN3O5S/c1-6-23(3)33-31(37)24(4)34(19-18-25-10-8-7-9-11-25)30(36)21-35(26-14-12-22(2)13-15-26)41(38,39)27-16-17-29(40-5)28(32)20-27/h7-17,20,23-24H,6,18-19,21H2,1-5H3,(H,33,37). The van der Waals surface area contributed by atoms with Crippen molar-refractivity contribution in [2.45, 2.75) is 57.5 Å². The SMILES string of the molecule is CCC(C)NC(=O)C(C)N(CCc1ccccc1)C(=O)CN(c1ccc(C)cc1)S(=O)(=O)c1ccc(OC)c(Br)c1. The van der Waals surface area contributed by atoms with Gasteiger partial charge in [-0.3, -0.25) is 13.9 Å². The van der Waals surface area contributed by atoms with Crippen LogP contribution in [0.5, 0.6) is 5.75 Å². The fourth-order valence-corrected chi connectivity index (χ4v) is 6.34. The van der Waals surface area contributed by atoms with Crippen molar-refractivity contribution < 1.29 is 22.7 Å². The van der Waals surface area contributed by atoms with Crippen LogP contribution in [0.25, 0.3) is 0 Å². The normalized spacial score (nSPS) is 12.7. The van der Waals surface area contributed by atoms with Crippen LogP contribution < -0.4 is 14.4 Å². The second-order valence-corrected chi connectivity index (χ2v) is 12.7. The Bertz CT molecular complexity index is 1430. The third-order valence-corrected chi connectivity index (χ3v) is 9.35. The molecular weight excluding hydrogens is 606 g/mol. The zero-order valence-electron chi connectivity index (χ0n) is 24.1. The summed E-state index contributed by atoms with van der Waals surface area (Å²) in [6, 6.07) is 20.2. The summed E-state index contributed by atoms with van der Waals surface area (Å²) in [5, 5.41) is 2.95. The molecule has 3 aromatic rings. The largest absolute Gasteiger partial charge is 0.496 e. The van der Waals surface area contributed by atoms with Gasteiger partial charge in [-0.2, -0.15) is 0 Å². The Labute approximate surface area is 251 Å². The van der Waals surface area contributed by atoms with E-state index in [0.717, 1.165) is 21.9 Å². The van der Waals surface area contributed by atoms with Crippen molar-refractivity contribution in [3.8, 4) is 5.75 Å². The van der Waals surface area contributed by atoms with Gasteiger partial charge in [0.2, 0.25) is 11.8 Å². The van der Waals surface area contributed by atoms with Gasteiger partial charge in [-0.25, -0.2) is 8.42 Å². The minimum Gasteiger partial charge on any atom is -0.496 e. The molecule has 220 valence electrons. The minimum absolute atomic E-state index is 0.00283. The van der Waals surface area contributed by atoms with Gasteiger partial charge in [0.25, 0.3) is 10.0 Å². The van der Waals surface area contributed by atoms with Gasteiger partial charge in [0.05, 0.1) is 22.2 Å². The van der Waals surface area contributed by atoms with Gasteiger partial charge >= 0.3 is 0 Å². The van der Waals surface area contributed by atoms with E-state index in [1.807, 2.05) is 51.1 Å². The van der Waals surface area contributed by atoms with Crippen molar-refractivity contribution >= 4 is 43.5 Å². The fourth-order valence-electron chi connectivity index (χ4n) is 4.21. The summed E-state index contributed by atoms with van der Waals surface area (Å²) < 4.78 is 34.8. The predicted octanol–water partition coefficient (Wildman–Crippen LogP) is 5.34. The van der Waals surface area contributed by atoms with Crippen molar-refractivity contribution in [3.63, 3.8) is 0 Å². The Morgan fingerprint density at radius 2 is 1.66 bits per heavy atom. The topological polar surface area (TPSA) is 96.0 Å². The number of sulfonamides is 1. The average molecular weight is 645 g/mol. The molecule has 2 unspecified atom stereocenters. The highest BCUT2D eigenvalue weighted by atomic mass is 79.9. The fraction of sp³-hybridized carbons (Fsp3) is 0.355. The molecule has 0 heterocycles. The molecule has 0 spiro atoms. The lowest BCUT2D eigenvalue weighted by atomic mass is 10.1. The minimum atomic E-state index is -4.18. The summed E-state index contributed by atoms with van der Waals surface area (Å²) in [5.74, 6) is -0.288. The van der Waals surface area contributed by atoms with E-state index in [1.165, 1.54) is 24.1 Å². The Morgan fingerprint density at radius 1 is 1.00 bits per heavy atom. The van der Waals surface area contributed by atoms with Gasteiger partial charge in [-0.1, -0.05) is 55.0 Å². The van der Waals surface area contributed by atoms with Gasteiger partial charge < -0.3 is 15.0 Å². The van der Waals surface area contributed by atoms with E-state index in [0.29, 0.717) is 22.3 Å². The van der Waals surface area contributed by atoms with Crippen LogP contribution in [0.2, 0.25) is 0 Å². The van der Waals surface area contributed by atoms with E-state index >= 15 is 0 Å². The Hall–Kier alpha value is -3.37. The third-order valence-electron chi connectivity index (χ3n) is 6.96. The lowest BCUT2D eigenvalue weighted by Gasteiger charge is -2.32. The summed E-state index contributed by atoms with van der Waals surface area (Å²) in [4.78, 5) is 28.6. The van der Waals surface area contributed by atoms with Crippen LogP contribution in [0.1, 0.15) is 38.3 Å². The molecule has 41 heavy (non-hydrogen) atoms. The molecule has 2 amide bonds. The first kappa shape index (κ1) is 32.1. The molecule has 0 fully saturated rings. The molecule has 0 saturated heterocycles. The maximum atomic E-state index is 14.0. The molecular formula is C31H38BrN3O5S. The highest BCUT2D eigenvalue weighted by Crippen LogP contribution is 2.31. The maximum absolute atomic E-state index is 14.0. The third kappa shape index (κ3) is 8.33. The number of methoxy groups -OCH3 is 1. The lowest BCUT2D eigenvalue weighted by Crippen LogP contribution is -2.53. The summed E-state index contributed by atoms with van der Waals surface area (Å²) in [5.41, 5.74) is 2.30. The summed E-state index contributed by atoms with van der Waals surface area (Å²) in [6.45, 7) is 7.21. The van der Waals surface area contributed by atoms with E-state index in [4.69, 9.17) is 4.74 Å². The number of rotatable bonds is 13. The van der Waals surface area contributed by atoms with Crippen molar-refractivity contribution in [2.75, 3.05) is 24.5 Å². The molecule has 0 aliphatic heterocycles. The molecule has 0 aromatic heterocycles. The number of benzene rings is 3. The van der Waals surface area contributed by atoms with Gasteiger partial charge in [0.1, 0.15) is 18.3 Å².